The molecule has 0 aliphatic carbocycles. The van der Waals surface area contributed by atoms with Gasteiger partial charge in [0, 0.05) is 23.2 Å². The van der Waals surface area contributed by atoms with E-state index in [0.29, 0.717) is 6.04 Å². The molecule has 0 aliphatic rings. The van der Waals surface area contributed by atoms with Crippen LogP contribution in [0.2, 0.25) is 5.02 Å². The molecule has 3 heteroatoms. The molecule has 0 spiro atoms. The van der Waals surface area contributed by atoms with Crippen LogP contribution in [0.5, 0.6) is 0 Å². The average molecular weight is 264 g/mol. The Morgan fingerprint density at radius 2 is 2.11 bits per heavy atom. The number of halogens is 1. The second kappa shape index (κ2) is 5.96. The third-order valence-electron chi connectivity index (χ3n) is 3.07. The molecule has 2 aromatic rings. The minimum Gasteiger partial charge on any atom is -0.469 e. The molecule has 96 valence electrons. The fourth-order valence-electron chi connectivity index (χ4n) is 1.92. The summed E-state index contributed by atoms with van der Waals surface area (Å²) in [6.07, 6.45) is 3.69. The molecular weight excluding hydrogens is 246 g/mol. The molecule has 0 saturated carbocycles. The second-order valence-electron chi connectivity index (χ2n) is 4.58. The van der Waals surface area contributed by atoms with Crippen LogP contribution in [0.1, 0.15) is 24.7 Å². The summed E-state index contributed by atoms with van der Waals surface area (Å²) in [5.74, 6) is 1.03. The van der Waals surface area contributed by atoms with E-state index in [-0.39, 0.29) is 0 Å². The van der Waals surface area contributed by atoms with Gasteiger partial charge in [0.2, 0.25) is 0 Å². The van der Waals surface area contributed by atoms with Crippen LogP contribution in [-0.4, -0.2) is 6.04 Å². The standard InChI is InChI=1S/C15H18ClNO/c1-11(8-9-13-5-4-10-18-13)17-15-7-3-6-14(16)12(15)2/h3-7,10-11,17H,8-9H2,1-2H3. The molecule has 1 aromatic heterocycles. The molecule has 1 aromatic carbocycles. The van der Waals surface area contributed by atoms with Crippen LogP contribution in [0.3, 0.4) is 0 Å². The Balaban J connectivity index is 1.90. The van der Waals surface area contributed by atoms with Gasteiger partial charge in [0.1, 0.15) is 5.76 Å². The Hall–Kier alpha value is -1.41. The second-order valence-corrected chi connectivity index (χ2v) is 4.98. The number of aryl methyl sites for hydroxylation is 1. The predicted molar refractivity (Wildman–Crippen MR) is 76.3 cm³/mol. The van der Waals surface area contributed by atoms with Crippen LogP contribution in [0.25, 0.3) is 0 Å². The topological polar surface area (TPSA) is 25.2 Å². The van der Waals surface area contributed by atoms with E-state index >= 15 is 0 Å². The Morgan fingerprint density at radius 3 is 2.83 bits per heavy atom. The predicted octanol–water partition coefficient (Wildman–Crippen LogP) is 4.67. The third kappa shape index (κ3) is 3.30. The lowest BCUT2D eigenvalue weighted by atomic mass is 10.1. The van der Waals surface area contributed by atoms with Crippen molar-refractivity contribution in [3.05, 3.63) is 52.9 Å². The highest BCUT2D eigenvalue weighted by atomic mass is 35.5. The van der Waals surface area contributed by atoms with Crippen molar-refractivity contribution < 1.29 is 4.42 Å². The summed E-state index contributed by atoms with van der Waals surface area (Å²) in [4.78, 5) is 0. The summed E-state index contributed by atoms with van der Waals surface area (Å²) >= 11 is 6.10. The van der Waals surface area contributed by atoms with Crippen LogP contribution >= 0.6 is 11.6 Å². The monoisotopic (exact) mass is 263 g/mol. The fourth-order valence-corrected chi connectivity index (χ4v) is 2.09. The summed E-state index contributed by atoms with van der Waals surface area (Å²) in [6.45, 7) is 4.20. The zero-order chi connectivity index (χ0) is 13.0. The summed E-state index contributed by atoms with van der Waals surface area (Å²) in [6, 6.07) is 10.3. The van der Waals surface area contributed by atoms with E-state index < -0.39 is 0 Å². The van der Waals surface area contributed by atoms with Crippen LogP contribution in [0.4, 0.5) is 5.69 Å². The van der Waals surface area contributed by atoms with E-state index in [4.69, 9.17) is 16.0 Å². The van der Waals surface area contributed by atoms with Gasteiger partial charge >= 0.3 is 0 Å². The van der Waals surface area contributed by atoms with Crippen molar-refractivity contribution in [2.75, 3.05) is 5.32 Å². The molecule has 18 heavy (non-hydrogen) atoms. The Kier molecular flexibility index (Phi) is 4.32. The zero-order valence-electron chi connectivity index (χ0n) is 10.7. The van der Waals surface area contributed by atoms with Crippen LogP contribution < -0.4 is 5.32 Å². The van der Waals surface area contributed by atoms with Crippen molar-refractivity contribution in [2.24, 2.45) is 0 Å². The molecule has 0 aliphatic heterocycles. The summed E-state index contributed by atoms with van der Waals surface area (Å²) in [5, 5.41) is 4.29. The molecule has 1 heterocycles. The summed E-state index contributed by atoms with van der Waals surface area (Å²) in [5.41, 5.74) is 2.21. The first-order chi connectivity index (χ1) is 8.66. The molecule has 0 saturated heterocycles. The first kappa shape index (κ1) is 13.0. The molecule has 0 radical (unpaired) electrons. The van der Waals surface area contributed by atoms with Crippen molar-refractivity contribution in [3.8, 4) is 0 Å². The maximum atomic E-state index is 6.10. The molecule has 0 fully saturated rings. The highest BCUT2D eigenvalue weighted by Crippen LogP contribution is 2.24. The van der Waals surface area contributed by atoms with Crippen LogP contribution in [-0.2, 0) is 6.42 Å². The molecule has 1 atom stereocenters. The third-order valence-corrected chi connectivity index (χ3v) is 3.48. The van der Waals surface area contributed by atoms with Crippen molar-refractivity contribution >= 4 is 17.3 Å². The minimum absolute atomic E-state index is 0.382. The quantitative estimate of drug-likeness (QED) is 0.848. The molecule has 1 N–H and O–H groups in total. The number of benzene rings is 1. The first-order valence-corrected chi connectivity index (χ1v) is 6.58. The lowest BCUT2D eigenvalue weighted by molar-refractivity contribution is 0.495. The van der Waals surface area contributed by atoms with Gasteiger partial charge in [-0.15, -0.1) is 0 Å². The lowest BCUT2D eigenvalue weighted by Gasteiger charge is -2.17. The van der Waals surface area contributed by atoms with Crippen LogP contribution in [0, 0.1) is 6.92 Å². The molecule has 0 amide bonds. The van der Waals surface area contributed by atoms with Gasteiger partial charge in [0.05, 0.1) is 6.26 Å². The van der Waals surface area contributed by atoms with Gasteiger partial charge in [0.15, 0.2) is 0 Å². The molecule has 0 bridgehead atoms. The highest BCUT2D eigenvalue weighted by Gasteiger charge is 2.07. The largest absolute Gasteiger partial charge is 0.469 e. The van der Waals surface area contributed by atoms with Gasteiger partial charge in [-0.2, -0.15) is 0 Å². The van der Waals surface area contributed by atoms with Gasteiger partial charge in [-0.25, -0.2) is 0 Å². The number of anilines is 1. The van der Waals surface area contributed by atoms with Gasteiger partial charge in [-0.05, 0) is 50.1 Å². The number of nitrogens with one attached hydrogen (secondary N) is 1. The van der Waals surface area contributed by atoms with E-state index in [1.54, 1.807) is 6.26 Å². The van der Waals surface area contributed by atoms with Gasteiger partial charge in [0.25, 0.3) is 0 Å². The molecule has 1 unspecified atom stereocenters. The van der Waals surface area contributed by atoms with Gasteiger partial charge in [-0.3, -0.25) is 0 Å². The smallest absolute Gasteiger partial charge is 0.103 e. The van der Waals surface area contributed by atoms with Crippen LogP contribution in [0.15, 0.2) is 41.0 Å². The molecule has 2 rings (SSSR count). The minimum atomic E-state index is 0.382. The Bertz CT molecular complexity index is 493. The maximum absolute atomic E-state index is 6.10. The lowest BCUT2D eigenvalue weighted by Crippen LogP contribution is -2.16. The number of rotatable bonds is 5. The van der Waals surface area contributed by atoms with E-state index in [0.717, 1.165) is 34.9 Å². The Labute approximate surface area is 113 Å². The van der Waals surface area contributed by atoms with Crippen molar-refractivity contribution in [1.29, 1.82) is 0 Å². The van der Waals surface area contributed by atoms with Crippen molar-refractivity contribution in [3.63, 3.8) is 0 Å². The average Bonchev–Trinajstić information content (AvgIpc) is 2.86. The van der Waals surface area contributed by atoms with Gasteiger partial charge < -0.3 is 9.73 Å². The molecular formula is C15H18ClNO. The first-order valence-electron chi connectivity index (χ1n) is 6.21. The van der Waals surface area contributed by atoms with Crippen molar-refractivity contribution in [1.82, 2.24) is 0 Å². The Morgan fingerprint density at radius 1 is 1.28 bits per heavy atom. The van der Waals surface area contributed by atoms with Crippen molar-refractivity contribution in [2.45, 2.75) is 32.7 Å². The summed E-state index contributed by atoms with van der Waals surface area (Å²) in [7, 11) is 0. The van der Waals surface area contributed by atoms with E-state index in [1.165, 1.54) is 0 Å². The normalized spacial score (nSPS) is 12.4. The number of furan rings is 1. The summed E-state index contributed by atoms with van der Waals surface area (Å²) < 4.78 is 5.33. The fraction of sp³-hybridized carbons (Fsp3) is 0.333. The van der Waals surface area contributed by atoms with E-state index in [1.807, 2.05) is 31.2 Å². The number of hydrogen-bond acceptors (Lipinski definition) is 2. The maximum Gasteiger partial charge on any atom is 0.103 e. The zero-order valence-corrected chi connectivity index (χ0v) is 11.5. The molecule has 2 nitrogen and oxygen atoms in total. The highest BCUT2D eigenvalue weighted by molar-refractivity contribution is 6.31. The van der Waals surface area contributed by atoms with E-state index in [9.17, 15) is 0 Å². The SMILES string of the molecule is Cc1c(Cl)cccc1NC(C)CCc1ccco1. The van der Waals surface area contributed by atoms with Gasteiger partial charge in [-0.1, -0.05) is 17.7 Å². The number of hydrogen-bond donors (Lipinski definition) is 1. The van der Waals surface area contributed by atoms with E-state index in [2.05, 4.69) is 18.3 Å².